The second kappa shape index (κ2) is 5.48. The average molecular weight is 287 g/mol. The van der Waals surface area contributed by atoms with Gasteiger partial charge in [-0.15, -0.1) is 0 Å². The first-order chi connectivity index (χ1) is 10.1. The zero-order valence-corrected chi connectivity index (χ0v) is 12.3. The quantitative estimate of drug-likeness (QED) is 0.893. The van der Waals surface area contributed by atoms with Crippen LogP contribution in [0.1, 0.15) is 29.5 Å². The van der Waals surface area contributed by atoms with Gasteiger partial charge in [0.2, 0.25) is 11.8 Å². The summed E-state index contributed by atoms with van der Waals surface area (Å²) in [5, 5.41) is 0. The van der Waals surface area contributed by atoms with Crippen LogP contribution in [0.3, 0.4) is 0 Å². The van der Waals surface area contributed by atoms with Crippen molar-refractivity contribution in [1.29, 1.82) is 0 Å². The van der Waals surface area contributed by atoms with E-state index < -0.39 is 0 Å². The Balaban J connectivity index is 1.78. The summed E-state index contributed by atoms with van der Waals surface area (Å²) in [5.41, 5.74) is 8.92. The second-order valence-electron chi connectivity index (χ2n) is 5.90. The van der Waals surface area contributed by atoms with Crippen LogP contribution in [0.5, 0.6) is 0 Å². The Bertz CT molecular complexity index is 585. The van der Waals surface area contributed by atoms with Crippen molar-refractivity contribution >= 4 is 11.8 Å². The number of rotatable bonds is 3. The molecule has 2 heterocycles. The Morgan fingerprint density at radius 2 is 2.14 bits per heavy atom. The molecule has 0 aliphatic carbocycles. The highest BCUT2D eigenvalue weighted by atomic mass is 16.2. The molecule has 5 nitrogen and oxygen atoms in total. The predicted octanol–water partition coefficient (Wildman–Crippen LogP) is 0.787. The number of piperazine rings is 1. The van der Waals surface area contributed by atoms with Gasteiger partial charge < -0.3 is 15.5 Å². The summed E-state index contributed by atoms with van der Waals surface area (Å²) in [6.07, 6.45) is 1.73. The number of carbonyl (C=O) groups is 2. The minimum absolute atomic E-state index is 0.0772. The lowest BCUT2D eigenvalue weighted by atomic mass is 10.0. The molecule has 21 heavy (non-hydrogen) atoms. The van der Waals surface area contributed by atoms with Crippen LogP contribution >= 0.6 is 0 Å². The number of fused-ring (bicyclic) bond motifs is 1. The van der Waals surface area contributed by atoms with Crippen LogP contribution in [0.4, 0.5) is 0 Å². The Kier molecular flexibility index (Phi) is 3.68. The van der Waals surface area contributed by atoms with Crippen LogP contribution in [-0.2, 0) is 22.7 Å². The van der Waals surface area contributed by atoms with E-state index in [0.717, 1.165) is 36.1 Å². The minimum atomic E-state index is -0.227. The van der Waals surface area contributed by atoms with E-state index in [1.807, 2.05) is 25.1 Å². The SMILES string of the molecule is Cc1cc(CN)ccc1CN1CC(=O)N2CCCC2C1=O. The summed E-state index contributed by atoms with van der Waals surface area (Å²) in [6, 6.07) is 5.82. The van der Waals surface area contributed by atoms with Gasteiger partial charge >= 0.3 is 0 Å². The lowest BCUT2D eigenvalue weighted by molar-refractivity contribution is -0.154. The average Bonchev–Trinajstić information content (AvgIpc) is 2.96. The molecule has 2 fully saturated rings. The number of hydrogen-bond donors (Lipinski definition) is 1. The molecule has 1 atom stereocenters. The molecule has 0 aromatic heterocycles. The first-order valence-corrected chi connectivity index (χ1v) is 7.47. The van der Waals surface area contributed by atoms with Crippen LogP contribution in [-0.4, -0.2) is 40.7 Å². The Morgan fingerprint density at radius 3 is 2.86 bits per heavy atom. The molecule has 2 amide bonds. The molecule has 0 bridgehead atoms. The standard InChI is InChI=1S/C16H21N3O2/c1-11-7-12(8-17)4-5-13(11)9-18-10-15(20)19-6-2-3-14(19)16(18)21/h4-5,7,14H,2-3,6,8-10,17H2,1H3. The first kappa shape index (κ1) is 14.1. The van der Waals surface area contributed by atoms with Crippen molar-refractivity contribution in [2.45, 2.75) is 38.9 Å². The number of carbonyl (C=O) groups excluding carboxylic acids is 2. The zero-order valence-electron chi connectivity index (χ0n) is 12.3. The van der Waals surface area contributed by atoms with Gasteiger partial charge in [-0.25, -0.2) is 0 Å². The summed E-state index contributed by atoms with van der Waals surface area (Å²) in [6.45, 7) is 3.97. The van der Waals surface area contributed by atoms with Crippen LogP contribution in [0.15, 0.2) is 18.2 Å². The van der Waals surface area contributed by atoms with Crippen LogP contribution < -0.4 is 5.73 Å². The molecule has 1 aromatic rings. The van der Waals surface area contributed by atoms with Gasteiger partial charge in [-0.1, -0.05) is 18.2 Å². The molecule has 112 valence electrons. The summed E-state index contributed by atoms with van der Waals surface area (Å²) in [5.74, 6) is 0.169. The van der Waals surface area contributed by atoms with Gasteiger partial charge in [0.25, 0.3) is 0 Å². The zero-order chi connectivity index (χ0) is 15.0. The van der Waals surface area contributed by atoms with Crippen molar-refractivity contribution < 1.29 is 9.59 Å². The number of nitrogens with zero attached hydrogens (tertiary/aromatic N) is 2. The van der Waals surface area contributed by atoms with E-state index in [4.69, 9.17) is 5.73 Å². The van der Waals surface area contributed by atoms with Gasteiger partial charge in [-0.2, -0.15) is 0 Å². The maximum atomic E-state index is 12.5. The van der Waals surface area contributed by atoms with Crippen molar-refractivity contribution in [1.82, 2.24) is 9.80 Å². The van der Waals surface area contributed by atoms with Gasteiger partial charge in [0.15, 0.2) is 0 Å². The van der Waals surface area contributed by atoms with E-state index in [2.05, 4.69) is 0 Å². The highest BCUT2D eigenvalue weighted by Crippen LogP contribution is 2.25. The Labute approximate surface area is 124 Å². The fourth-order valence-corrected chi connectivity index (χ4v) is 3.27. The lowest BCUT2D eigenvalue weighted by Crippen LogP contribution is -2.56. The van der Waals surface area contributed by atoms with Crippen molar-refractivity contribution in [3.05, 3.63) is 34.9 Å². The normalized spacial score (nSPS) is 21.9. The lowest BCUT2D eigenvalue weighted by Gasteiger charge is -2.36. The van der Waals surface area contributed by atoms with Crippen molar-refractivity contribution in [2.24, 2.45) is 5.73 Å². The molecule has 2 aliphatic heterocycles. The number of hydrogen-bond acceptors (Lipinski definition) is 3. The predicted molar refractivity (Wildman–Crippen MR) is 79.2 cm³/mol. The third-order valence-electron chi connectivity index (χ3n) is 4.50. The summed E-state index contributed by atoms with van der Waals surface area (Å²) in [4.78, 5) is 28.1. The van der Waals surface area contributed by atoms with E-state index in [-0.39, 0.29) is 24.4 Å². The third kappa shape index (κ3) is 2.53. The molecule has 5 heteroatoms. The summed E-state index contributed by atoms with van der Waals surface area (Å²) in [7, 11) is 0. The molecule has 1 aromatic carbocycles. The smallest absolute Gasteiger partial charge is 0.246 e. The molecular weight excluding hydrogens is 266 g/mol. The number of nitrogens with two attached hydrogens (primary N) is 1. The van der Waals surface area contributed by atoms with E-state index >= 15 is 0 Å². The third-order valence-corrected chi connectivity index (χ3v) is 4.50. The summed E-state index contributed by atoms with van der Waals surface area (Å²) >= 11 is 0. The van der Waals surface area contributed by atoms with Gasteiger partial charge in [-0.05, 0) is 36.5 Å². The molecule has 1 unspecified atom stereocenters. The largest absolute Gasteiger partial charge is 0.329 e. The van der Waals surface area contributed by atoms with Crippen molar-refractivity contribution in [2.75, 3.05) is 13.1 Å². The monoisotopic (exact) mass is 287 g/mol. The highest BCUT2D eigenvalue weighted by Gasteiger charge is 2.41. The molecule has 0 saturated carbocycles. The molecule has 3 rings (SSSR count). The van der Waals surface area contributed by atoms with Crippen LogP contribution in [0, 0.1) is 6.92 Å². The first-order valence-electron chi connectivity index (χ1n) is 7.47. The molecule has 2 saturated heterocycles. The van der Waals surface area contributed by atoms with Crippen LogP contribution in [0.2, 0.25) is 0 Å². The fourth-order valence-electron chi connectivity index (χ4n) is 3.27. The van der Waals surface area contributed by atoms with Crippen LogP contribution in [0.25, 0.3) is 0 Å². The molecule has 2 N–H and O–H groups in total. The molecule has 0 radical (unpaired) electrons. The van der Waals surface area contributed by atoms with Gasteiger partial charge in [0.1, 0.15) is 12.6 Å². The second-order valence-corrected chi connectivity index (χ2v) is 5.90. The molecular formula is C16H21N3O2. The maximum Gasteiger partial charge on any atom is 0.246 e. The van der Waals surface area contributed by atoms with E-state index in [1.54, 1.807) is 9.80 Å². The molecule has 2 aliphatic rings. The van der Waals surface area contributed by atoms with Gasteiger partial charge in [0, 0.05) is 19.6 Å². The highest BCUT2D eigenvalue weighted by molar-refractivity contribution is 5.95. The maximum absolute atomic E-state index is 12.5. The fraction of sp³-hybridized carbons (Fsp3) is 0.500. The summed E-state index contributed by atoms with van der Waals surface area (Å²) < 4.78 is 0. The van der Waals surface area contributed by atoms with Gasteiger partial charge in [0.05, 0.1) is 0 Å². The van der Waals surface area contributed by atoms with Crippen molar-refractivity contribution in [3.63, 3.8) is 0 Å². The topological polar surface area (TPSA) is 66.6 Å². The number of benzene rings is 1. The number of amides is 2. The van der Waals surface area contributed by atoms with E-state index in [9.17, 15) is 9.59 Å². The minimum Gasteiger partial charge on any atom is -0.329 e. The Hall–Kier alpha value is -1.88. The Morgan fingerprint density at radius 1 is 1.33 bits per heavy atom. The number of aryl methyl sites for hydroxylation is 1. The molecule has 0 spiro atoms. The van der Waals surface area contributed by atoms with Crippen molar-refractivity contribution in [3.8, 4) is 0 Å². The van der Waals surface area contributed by atoms with E-state index in [0.29, 0.717) is 13.1 Å². The van der Waals surface area contributed by atoms with E-state index in [1.165, 1.54) is 0 Å². The van der Waals surface area contributed by atoms with Gasteiger partial charge in [-0.3, -0.25) is 9.59 Å².